The highest BCUT2D eigenvalue weighted by Gasteiger charge is 2.28. The maximum Gasteiger partial charge on any atom is 0.343 e. The molecule has 28 heavy (non-hydrogen) atoms. The van der Waals surface area contributed by atoms with Crippen LogP contribution in [0.4, 0.5) is 5.69 Å². The van der Waals surface area contributed by atoms with Crippen molar-refractivity contribution in [2.24, 2.45) is 4.40 Å². The van der Waals surface area contributed by atoms with Crippen LogP contribution in [0.3, 0.4) is 0 Å². The second-order valence-corrected chi connectivity index (χ2v) is 8.45. The van der Waals surface area contributed by atoms with Gasteiger partial charge in [0.2, 0.25) is 0 Å². The summed E-state index contributed by atoms with van der Waals surface area (Å²) in [5.74, 6) is 0.0559. The fraction of sp³-hybridized carbons (Fsp3) is 0. The van der Waals surface area contributed by atoms with Gasteiger partial charge in [0.15, 0.2) is 5.84 Å². The molecule has 6 nitrogen and oxygen atoms in total. The number of benzene rings is 3. The molecule has 0 fully saturated rings. The molecular formula is C20H13BrN2O4S. The Balaban J connectivity index is 1.56. The Labute approximate surface area is 170 Å². The third-order valence-electron chi connectivity index (χ3n) is 4.00. The highest BCUT2D eigenvalue weighted by Crippen LogP contribution is 2.27. The first-order valence-corrected chi connectivity index (χ1v) is 10.4. The molecule has 8 heteroatoms. The van der Waals surface area contributed by atoms with Gasteiger partial charge in [-0.2, -0.15) is 8.42 Å². The van der Waals surface area contributed by atoms with Crippen molar-refractivity contribution in [2.45, 2.75) is 4.90 Å². The van der Waals surface area contributed by atoms with Gasteiger partial charge in [0, 0.05) is 21.8 Å². The van der Waals surface area contributed by atoms with E-state index < -0.39 is 16.0 Å². The topological polar surface area (TPSA) is 84.8 Å². The molecule has 0 aliphatic carbocycles. The number of ether oxygens (including phenoxy) is 1. The van der Waals surface area contributed by atoms with Crippen LogP contribution in [0.1, 0.15) is 15.9 Å². The van der Waals surface area contributed by atoms with Gasteiger partial charge >= 0.3 is 5.97 Å². The average molecular weight is 457 g/mol. The molecule has 0 atom stereocenters. The first-order valence-electron chi connectivity index (χ1n) is 8.22. The van der Waals surface area contributed by atoms with E-state index in [1.165, 1.54) is 6.07 Å². The largest absolute Gasteiger partial charge is 0.423 e. The molecule has 1 heterocycles. The smallest absolute Gasteiger partial charge is 0.343 e. The molecule has 0 saturated heterocycles. The SMILES string of the molecule is O=C(Oc1cccc(NC2=NS(=O)(=O)c3ccccc32)c1)c1cccc(Br)c1. The van der Waals surface area contributed by atoms with E-state index in [1.807, 2.05) is 6.07 Å². The second-order valence-electron chi connectivity index (χ2n) is 5.96. The Morgan fingerprint density at radius 3 is 2.57 bits per heavy atom. The number of nitrogens with zero attached hydrogens (tertiary/aromatic N) is 1. The number of amidine groups is 1. The maximum atomic E-state index is 12.3. The lowest BCUT2D eigenvalue weighted by Gasteiger charge is -2.09. The molecule has 3 aromatic carbocycles. The van der Waals surface area contributed by atoms with E-state index in [2.05, 4.69) is 25.6 Å². The van der Waals surface area contributed by atoms with E-state index in [1.54, 1.807) is 60.7 Å². The van der Waals surface area contributed by atoms with Gasteiger partial charge in [-0.05, 0) is 42.5 Å². The molecule has 0 unspecified atom stereocenters. The van der Waals surface area contributed by atoms with E-state index >= 15 is 0 Å². The number of carbonyl (C=O) groups excluding carboxylic acids is 1. The Morgan fingerprint density at radius 2 is 1.75 bits per heavy atom. The van der Waals surface area contributed by atoms with Crippen molar-refractivity contribution in [3.63, 3.8) is 0 Å². The second kappa shape index (κ2) is 7.21. The highest BCUT2D eigenvalue weighted by molar-refractivity contribution is 9.10. The van der Waals surface area contributed by atoms with Crippen LogP contribution in [0.5, 0.6) is 5.75 Å². The number of halogens is 1. The summed E-state index contributed by atoms with van der Waals surface area (Å²) in [5.41, 5.74) is 1.46. The molecule has 0 bridgehead atoms. The Hall–Kier alpha value is -2.97. The Bertz CT molecular complexity index is 1220. The fourth-order valence-corrected chi connectivity index (χ4v) is 4.33. The first-order chi connectivity index (χ1) is 13.4. The van der Waals surface area contributed by atoms with Gasteiger partial charge in [-0.3, -0.25) is 0 Å². The van der Waals surface area contributed by atoms with Gasteiger partial charge in [0.05, 0.1) is 5.56 Å². The third kappa shape index (κ3) is 3.69. The van der Waals surface area contributed by atoms with Crippen LogP contribution >= 0.6 is 15.9 Å². The zero-order valence-corrected chi connectivity index (χ0v) is 16.7. The summed E-state index contributed by atoms with van der Waals surface area (Å²) < 4.78 is 34.3. The summed E-state index contributed by atoms with van der Waals surface area (Å²) in [5, 5.41) is 2.99. The third-order valence-corrected chi connectivity index (χ3v) is 5.83. The van der Waals surface area contributed by atoms with E-state index in [0.717, 1.165) is 4.47 Å². The van der Waals surface area contributed by atoms with Crippen molar-refractivity contribution in [1.29, 1.82) is 0 Å². The molecule has 1 aliphatic heterocycles. The van der Waals surface area contributed by atoms with Gasteiger partial charge in [0.25, 0.3) is 10.0 Å². The summed E-state index contributed by atoms with van der Waals surface area (Å²) in [7, 11) is -3.71. The van der Waals surface area contributed by atoms with Crippen LogP contribution < -0.4 is 10.1 Å². The zero-order valence-electron chi connectivity index (χ0n) is 14.3. The summed E-state index contributed by atoms with van der Waals surface area (Å²) >= 11 is 3.32. The molecule has 0 amide bonds. The van der Waals surface area contributed by atoms with Crippen LogP contribution in [-0.2, 0) is 10.0 Å². The number of esters is 1. The van der Waals surface area contributed by atoms with Crippen molar-refractivity contribution >= 4 is 43.4 Å². The number of anilines is 1. The van der Waals surface area contributed by atoms with Gasteiger partial charge in [-0.15, -0.1) is 4.40 Å². The van der Waals surface area contributed by atoms with E-state index in [-0.39, 0.29) is 10.7 Å². The number of hydrogen-bond donors (Lipinski definition) is 1. The molecule has 0 saturated carbocycles. The van der Waals surface area contributed by atoms with E-state index in [9.17, 15) is 13.2 Å². The minimum absolute atomic E-state index is 0.162. The molecular weight excluding hydrogens is 444 g/mol. The van der Waals surface area contributed by atoms with Crippen molar-refractivity contribution < 1.29 is 17.9 Å². The molecule has 0 aromatic heterocycles. The van der Waals surface area contributed by atoms with Crippen LogP contribution in [0.15, 0.2) is 86.6 Å². The lowest BCUT2D eigenvalue weighted by Crippen LogP contribution is -2.12. The van der Waals surface area contributed by atoms with E-state index in [0.29, 0.717) is 22.6 Å². The lowest BCUT2D eigenvalue weighted by molar-refractivity contribution is 0.0735. The number of hydrogen-bond acceptors (Lipinski definition) is 5. The zero-order chi connectivity index (χ0) is 19.7. The predicted molar refractivity (Wildman–Crippen MR) is 109 cm³/mol. The van der Waals surface area contributed by atoms with Gasteiger partial charge in [-0.25, -0.2) is 4.79 Å². The summed E-state index contributed by atoms with van der Waals surface area (Å²) in [6.45, 7) is 0. The van der Waals surface area contributed by atoms with E-state index in [4.69, 9.17) is 4.74 Å². The van der Waals surface area contributed by atoms with Gasteiger partial charge in [-0.1, -0.05) is 40.2 Å². The van der Waals surface area contributed by atoms with Crippen molar-refractivity contribution in [3.8, 4) is 5.75 Å². The molecule has 1 N–H and O–H groups in total. The normalized spacial score (nSPS) is 14.1. The lowest BCUT2D eigenvalue weighted by atomic mass is 10.2. The summed E-state index contributed by atoms with van der Waals surface area (Å²) in [6.07, 6.45) is 0. The Kier molecular flexibility index (Phi) is 4.74. The van der Waals surface area contributed by atoms with Crippen molar-refractivity contribution in [2.75, 3.05) is 5.32 Å². The molecule has 0 radical (unpaired) electrons. The quantitative estimate of drug-likeness (QED) is 0.470. The monoisotopic (exact) mass is 456 g/mol. The minimum atomic E-state index is -3.71. The number of sulfonamides is 1. The summed E-state index contributed by atoms with van der Waals surface area (Å²) in [6, 6.07) is 20.1. The Morgan fingerprint density at radius 1 is 0.964 bits per heavy atom. The number of rotatable bonds is 3. The minimum Gasteiger partial charge on any atom is -0.423 e. The molecule has 3 aromatic rings. The molecule has 4 rings (SSSR count). The van der Waals surface area contributed by atoms with Gasteiger partial charge in [0.1, 0.15) is 10.6 Å². The number of fused-ring (bicyclic) bond motifs is 1. The van der Waals surface area contributed by atoms with Crippen LogP contribution in [0.25, 0.3) is 0 Å². The van der Waals surface area contributed by atoms with Crippen molar-refractivity contribution in [3.05, 3.63) is 88.4 Å². The van der Waals surface area contributed by atoms with Crippen LogP contribution in [-0.4, -0.2) is 20.2 Å². The molecule has 1 aliphatic rings. The van der Waals surface area contributed by atoms with Crippen LogP contribution in [0, 0.1) is 0 Å². The number of carbonyl (C=O) groups is 1. The maximum absolute atomic E-state index is 12.3. The van der Waals surface area contributed by atoms with Crippen LogP contribution in [0.2, 0.25) is 0 Å². The predicted octanol–water partition coefficient (Wildman–Crippen LogP) is 4.23. The standard InChI is InChI=1S/C20H13BrN2O4S/c21-14-6-3-5-13(11-14)20(24)27-16-8-4-7-15(12-16)22-19-17-9-1-2-10-18(17)28(25,26)23-19/h1-12H,(H,22,23). The molecule has 0 spiro atoms. The number of nitrogens with one attached hydrogen (secondary N) is 1. The average Bonchev–Trinajstić information content (AvgIpc) is 2.92. The highest BCUT2D eigenvalue weighted by atomic mass is 79.9. The fourth-order valence-electron chi connectivity index (χ4n) is 2.75. The first kappa shape index (κ1) is 18.4. The summed E-state index contributed by atoms with van der Waals surface area (Å²) in [4.78, 5) is 12.5. The molecule has 140 valence electrons. The van der Waals surface area contributed by atoms with Crippen molar-refractivity contribution in [1.82, 2.24) is 0 Å². The van der Waals surface area contributed by atoms with Gasteiger partial charge < -0.3 is 10.1 Å².